The van der Waals surface area contributed by atoms with Crippen LogP contribution in [0.25, 0.3) is 0 Å². The Hall–Kier alpha value is -0.900. The summed E-state index contributed by atoms with van der Waals surface area (Å²) in [4.78, 5) is 16.4. The Bertz CT molecular complexity index is 349. The highest BCUT2D eigenvalue weighted by Gasteiger charge is 2.22. The number of hydrogen-bond acceptors (Lipinski definition) is 3. The summed E-state index contributed by atoms with van der Waals surface area (Å²) in [7, 11) is 0. The molecule has 1 heterocycles. The lowest BCUT2D eigenvalue weighted by Gasteiger charge is -2.13. The first-order valence-corrected chi connectivity index (χ1v) is 5.48. The monoisotopic (exact) mass is 212 g/mol. The van der Waals surface area contributed by atoms with Crippen molar-refractivity contribution < 1.29 is 4.79 Å². The second-order valence-electron chi connectivity index (χ2n) is 4.26. The Morgan fingerprint density at radius 2 is 2.07 bits per heavy atom. The number of carbonyl (C=O) groups excluding carboxylic acids is 1. The van der Waals surface area contributed by atoms with Crippen molar-refractivity contribution in [3.05, 3.63) is 15.6 Å². The molecule has 0 aromatic carbocycles. The Morgan fingerprint density at radius 3 is 2.36 bits per heavy atom. The van der Waals surface area contributed by atoms with Gasteiger partial charge < -0.3 is 5.73 Å². The highest BCUT2D eigenvalue weighted by atomic mass is 32.1. The third-order valence-electron chi connectivity index (χ3n) is 1.89. The molecule has 1 aromatic rings. The molecule has 78 valence electrons. The van der Waals surface area contributed by atoms with Crippen LogP contribution >= 0.6 is 11.3 Å². The topological polar surface area (TPSA) is 56.0 Å². The largest absolute Gasteiger partial charge is 0.364 e. The first-order chi connectivity index (χ1) is 6.36. The summed E-state index contributed by atoms with van der Waals surface area (Å²) in [6.45, 7) is 8.24. The van der Waals surface area contributed by atoms with Crippen molar-refractivity contribution in [2.75, 3.05) is 0 Å². The minimum atomic E-state index is -0.423. The smallest absolute Gasteiger partial charge is 0.268 e. The maximum Gasteiger partial charge on any atom is 0.268 e. The fourth-order valence-electron chi connectivity index (χ4n) is 1.10. The van der Waals surface area contributed by atoms with Crippen LogP contribution in [0.15, 0.2) is 0 Å². The van der Waals surface area contributed by atoms with E-state index in [9.17, 15) is 4.79 Å². The molecule has 0 aliphatic heterocycles. The number of nitrogens with zero attached hydrogens (tertiary/aromatic N) is 1. The van der Waals surface area contributed by atoms with E-state index in [1.165, 1.54) is 0 Å². The van der Waals surface area contributed by atoms with E-state index in [0.29, 0.717) is 5.69 Å². The van der Waals surface area contributed by atoms with Gasteiger partial charge in [-0.2, -0.15) is 0 Å². The summed E-state index contributed by atoms with van der Waals surface area (Å²) in [5, 5.41) is 0.975. The molecule has 14 heavy (non-hydrogen) atoms. The number of aromatic nitrogens is 1. The fraction of sp³-hybridized carbons (Fsp3) is 0.600. The molecule has 0 unspecified atom stereocenters. The van der Waals surface area contributed by atoms with Gasteiger partial charge in [-0.1, -0.05) is 27.7 Å². The Morgan fingerprint density at radius 1 is 1.50 bits per heavy atom. The Balaban J connectivity index is 3.20. The average Bonchev–Trinajstić information content (AvgIpc) is 2.45. The van der Waals surface area contributed by atoms with Gasteiger partial charge in [-0.05, 0) is 6.42 Å². The van der Waals surface area contributed by atoms with Gasteiger partial charge in [0.15, 0.2) is 0 Å². The number of hydrogen-bond donors (Lipinski definition) is 1. The molecule has 0 fully saturated rings. The number of primary amides is 1. The lowest BCUT2D eigenvalue weighted by atomic mass is 9.98. The van der Waals surface area contributed by atoms with Gasteiger partial charge in [-0.25, -0.2) is 4.98 Å². The zero-order valence-electron chi connectivity index (χ0n) is 9.05. The summed E-state index contributed by atoms with van der Waals surface area (Å²) in [5.41, 5.74) is 5.69. The molecule has 0 bridgehead atoms. The van der Waals surface area contributed by atoms with Gasteiger partial charge in [0.1, 0.15) is 5.69 Å². The van der Waals surface area contributed by atoms with E-state index in [0.717, 1.165) is 16.3 Å². The van der Waals surface area contributed by atoms with Gasteiger partial charge in [0.2, 0.25) is 0 Å². The number of rotatable bonds is 2. The van der Waals surface area contributed by atoms with Crippen molar-refractivity contribution in [1.29, 1.82) is 0 Å². The van der Waals surface area contributed by atoms with E-state index in [-0.39, 0.29) is 5.41 Å². The van der Waals surface area contributed by atoms with Crippen molar-refractivity contribution in [3.63, 3.8) is 0 Å². The van der Waals surface area contributed by atoms with Crippen molar-refractivity contribution in [2.24, 2.45) is 5.73 Å². The molecule has 3 nitrogen and oxygen atoms in total. The molecule has 0 aliphatic rings. The van der Waals surface area contributed by atoms with Crippen LogP contribution in [0.1, 0.15) is 48.1 Å². The van der Waals surface area contributed by atoms with Crippen LogP contribution in [0.4, 0.5) is 0 Å². The lowest BCUT2D eigenvalue weighted by molar-refractivity contribution is 0.0995. The van der Waals surface area contributed by atoms with Gasteiger partial charge in [-0.15, -0.1) is 11.3 Å². The van der Waals surface area contributed by atoms with E-state index in [1.807, 2.05) is 6.92 Å². The maximum absolute atomic E-state index is 11.1. The van der Waals surface area contributed by atoms with Crippen LogP contribution in [0.5, 0.6) is 0 Å². The number of thiazole rings is 1. The molecule has 4 heteroatoms. The Labute approximate surface area is 88.3 Å². The molecule has 0 aliphatic carbocycles. The zero-order chi connectivity index (χ0) is 10.9. The van der Waals surface area contributed by atoms with Gasteiger partial charge >= 0.3 is 0 Å². The molecule has 0 radical (unpaired) electrons. The number of aryl methyl sites for hydroxylation is 1. The van der Waals surface area contributed by atoms with Crippen LogP contribution in [-0.2, 0) is 11.8 Å². The standard InChI is InChI=1S/C10H16N2OS/c1-5-6-7(8(11)13)12-9(14-6)10(2,3)4/h5H2,1-4H3,(H2,11,13). The average molecular weight is 212 g/mol. The number of amides is 1. The highest BCUT2D eigenvalue weighted by Crippen LogP contribution is 2.29. The van der Waals surface area contributed by atoms with E-state index in [4.69, 9.17) is 5.73 Å². The third kappa shape index (κ3) is 2.12. The normalized spacial score (nSPS) is 11.7. The van der Waals surface area contributed by atoms with Crippen LogP contribution < -0.4 is 5.73 Å². The van der Waals surface area contributed by atoms with Gasteiger partial charge in [-0.3, -0.25) is 4.79 Å². The van der Waals surface area contributed by atoms with Crippen molar-refractivity contribution >= 4 is 17.2 Å². The first-order valence-electron chi connectivity index (χ1n) is 4.66. The highest BCUT2D eigenvalue weighted by molar-refractivity contribution is 7.12. The SMILES string of the molecule is CCc1sc(C(C)(C)C)nc1C(N)=O. The fourth-order valence-corrected chi connectivity index (χ4v) is 2.17. The van der Waals surface area contributed by atoms with Crippen molar-refractivity contribution in [1.82, 2.24) is 4.98 Å². The molecule has 0 spiro atoms. The van der Waals surface area contributed by atoms with Crippen LogP contribution in [0.3, 0.4) is 0 Å². The maximum atomic E-state index is 11.1. The quantitative estimate of drug-likeness (QED) is 0.816. The second kappa shape index (κ2) is 3.69. The van der Waals surface area contributed by atoms with Crippen LogP contribution in [-0.4, -0.2) is 10.9 Å². The predicted octanol–water partition coefficient (Wildman–Crippen LogP) is 2.10. The molecule has 2 N–H and O–H groups in total. The minimum absolute atomic E-state index is 0.0116. The van der Waals surface area contributed by atoms with E-state index >= 15 is 0 Å². The summed E-state index contributed by atoms with van der Waals surface area (Å²) in [6.07, 6.45) is 0.812. The molecular formula is C10H16N2OS. The van der Waals surface area contributed by atoms with E-state index in [2.05, 4.69) is 25.8 Å². The van der Waals surface area contributed by atoms with Crippen LogP contribution in [0, 0.1) is 0 Å². The zero-order valence-corrected chi connectivity index (χ0v) is 9.86. The second-order valence-corrected chi connectivity index (χ2v) is 5.34. The molecule has 0 atom stereocenters. The van der Waals surface area contributed by atoms with Gasteiger partial charge in [0.05, 0.1) is 5.01 Å². The Kier molecular flexibility index (Phi) is 2.95. The summed E-state index contributed by atoms with van der Waals surface area (Å²) >= 11 is 1.58. The van der Waals surface area contributed by atoms with Gasteiger partial charge in [0.25, 0.3) is 5.91 Å². The van der Waals surface area contributed by atoms with E-state index < -0.39 is 5.91 Å². The van der Waals surface area contributed by atoms with Crippen molar-refractivity contribution in [2.45, 2.75) is 39.5 Å². The summed E-state index contributed by atoms with van der Waals surface area (Å²) < 4.78 is 0. The van der Waals surface area contributed by atoms with Gasteiger partial charge in [0, 0.05) is 10.3 Å². The van der Waals surface area contributed by atoms with E-state index in [1.54, 1.807) is 11.3 Å². The predicted molar refractivity (Wildman–Crippen MR) is 58.7 cm³/mol. The molecule has 0 saturated heterocycles. The number of nitrogens with two attached hydrogens (primary N) is 1. The molecule has 1 amide bonds. The summed E-state index contributed by atoms with van der Waals surface area (Å²) in [5.74, 6) is -0.423. The number of carbonyl (C=O) groups is 1. The molecule has 1 rings (SSSR count). The molecule has 0 saturated carbocycles. The molecule has 1 aromatic heterocycles. The first kappa shape index (κ1) is 11.2. The lowest BCUT2D eigenvalue weighted by Crippen LogP contribution is -2.15. The molecular weight excluding hydrogens is 196 g/mol. The van der Waals surface area contributed by atoms with Crippen LogP contribution in [0.2, 0.25) is 0 Å². The van der Waals surface area contributed by atoms with Crippen molar-refractivity contribution in [3.8, 4) is 0 Å². The third-order valence-corrected chi connectivity index (χ3v) is 3.52. The summed E-state index contributed by atoms with van der Waals surface area (Å²) in [6, 6.07) is 0. The minimum Gasteiger partial charge on any atom is -0.364 e.